The Labute approximate surface area is 243 Å². The summed E-state index contributed by atoms with van der Waals surface area (Å²) in [5.41, 5.74) is -6.60. The Hall–Kier alpha value is -1.39. The van der Waals surface area contributed by atoms with E-state index in [1.165, 1.54) is 13.8 Å². The average molecular weight is 579 g/mol. The molecule has 9 heteroatoms. The van der Waals surface area contributed by atoms with Gasteiger partial charge in [-0.3, -0.25) is 14.4 Å². The maximum absolute atomic E-state index is 14.5. The molecule has 0 aromatic rings. The molecule has 5 fully saturated rings. The third-order valence-electron chi connectivity index (χ3n) is 13.2. The maximum Gasteiger partial charge on any atom is 0.303 e. The fourth-order valence-corrected chi connectivity index (χ4v) is 10.9. The van der Waals surface area contributed by atoms with E-state index in [0.717, 1.165) is 0 Å². The number of fused-ring (bicyclic) bond motifs is 4. The van der Waals surface area contributed by atoms with Gasteiger partial charge in [0.05, 0.1) is 24.4 Å². The van der Waals surface area contributed by atoms with Gasteiger partial charge < -0.3 is 29.9 Å². The maximum atomic E-state index is 14.5. The zero-order valence-electron chi connectivity index (χ0n) is 26.1. The van der Waals surface area contributed by atoms with Crippen LogP contribution in [0.2, 0.25) is 0 Å². The molecule has 41 heavy (non-hydrogen) atoms. The lowest BCUT2D eigenvalue weighted by molar-refractivity contribution is -0.214. The normalized spacial score (nSPS) is 49.6. The lowest BCUT2D eigenvalue weighted by atomic mass is 9.36. The molecule has 0 aromatic carbocycles. The predicted octanol–water partition coefficient (Wildman–Crippen LogP) is 2.73. The van der Waals surface area contributed by atoms with Gasteiger partial charge in [0.2, 0.25) is 0 Å². The van der Waals surface area contributed by atoms with Crippen LogP contribution in [0.4, 0.5) is 0 Å². The minimum absolute atomic E-state index is 0.00136. The van der Waals surface area contributed by atoms with Crippen molar-refractivity contribution in [2.45, 2.75) is 142 Å². The molecule has 232 valence electrons. The molecule has 4 aliphatic carbocycles. The van der Waals surface area contributed by atoms with E-state index < -0.39 is 74.4 Å². The van der Waals surface area contributed by atoms with Gasteiger partial charge in [-0.1, -0.05) is 34.6 Å². The van der Waals surface area contributed by atoms with Crippen LogP contribution >= 0.6 is 0 Å². The predicted molar refractivity (Wildman–Crippen MR) is 148 cm³/mol. The number of ketones is 2. The first kappa shape index (κ1) is 31.0. The molecule has 12 atom stereocenters. The van der Waals surface area contributed by atoms with E-state index in [-0.39, 0.29) is 49.4 Å². The molecule has 1 spiro atoms. The molecular formula is C32H50O9. The lowest BCUT2D eigenvalue weighted by Crippen LogP contribution is -2.71. The molecule has 1 aliphatic heterocycles. The first-order valence-corrected chi connectivity index (χ1v) is 15.2. The number of epoxide rings is 1. The van der Waals surface area contributed by atoms with Gasteiger partial charge in [0, 0.05) is 42.4 Å². The quantitative estimate of drug-likeness (QED) is 0.275. The van der Waals surface area contributed by atoms with E-state index in [9.17, 15) is 34.8 Å². The van der Waals surface area contributed by atoms with Crippen molar-refractivity contribution in [2.24, 2.45) is 39.4 Å². The van der Waals surface area contributed by atoms with Crippen molar-refractivity contribution in [2.75, 3.05) is 0 Å². The topological polar surface area (TPSA) is 154 Å². The van der Waals surface area contributed by atoms with Crippen molar-refractivity contribution in [3.05, 3.63) is 0 Å². The summed E-state index contributed by atoms with van der Waals surface area (Å²) in [4.78, 5) is 39.6. The van der Waals surface area contributed by atoms with Crippen LogP contribution in [0.5, 0.6) is 0 Å². The van der Waals surface area contributed by atoms with Crippen LogP contribution < -0.4 is 0 Å². The van der Waals surface area contributed by atoms with E-state index in [2.05, 4.69) is 6.92 Å². The summed E-state index contributed by atoms with van der Waals surface area (Å²) in [6.07, 6.45) is -1.74. The standard InChI is InChI=1S/C32H50O9/c1-16(33)40-26(2,3)11-10-21(36)31(9,39)24-18(35)14-28(6)19-13-23-32(41-23)20(12-17(34)25(38)27(32,4)5)30(19,8)22(37)15-29(24,28)7/h17-20,23-25,34-35,38-39H,10-15H2,1-9H3/t17-,18+,19-,20-,23+,24-,25+,28-,29+,30+,31-,32-/m0/s1. The van der Waals surface area contributed by atoms with E-state index >= 15 is 0 Å². The number of aliphatic hydroxyl groups is 4. The fourth-order valence-electron chi connectivity index (χ4n) is 10.9. The van der Waals surface area contributed by atoms with Crippen molar-refractivity contribution < 1.29 is 44.3 Å². The molecule has 1 saturated heterocycles. The highest BCUT2D eigenvalue weighted by Gasteiger charge is 2.84. The van der Waals surface area contributed by atoms with Crippen molar-refractivity contribution in [3.63, 3.8) is 0 Å². The molecule has 4 N–H and O–H groups in total. The van der Waals surface area contributed by atoms with Gasteiger partial charge in [-0.2, -0.15) is 0 Å². The molecule has 0 aromatic heterocycles. The second-order valence-electron chi connectivity index (χ2n) is 16.1. The van der Waals surface area contributed by atoms with E-state index in [1.54, 1.807) is 13.8 Å². The van der Waals surface area contributed by atoms with E-state index in [4.69, 9.17) is 9.47 Å². The van der Waals surface area contributed by atoms with Gasteiger partial charge in [-0.25, -0.2) is 0 Å². The summed E-state index contributed by atoms with van der Waals surface area (Å²) in [5.74, 6) is -2.29. The zero-order chi connectivity index (χ0) is 30.9. The highest BCUT2D eigenvalue weighted by atomic mass is 16.6. The fraction of sp³-hybridized carbons (Fsp3) is 0.906. The summed E-state index contributed by atoms with van der Waals surface area (Å²) in [5, 5.41) is 45.3. The SMILES string of the molecule is CC(=O)OC(C)(C)CCC(=O)[C@](C)(O)[C@H]1[C@H](O)C[C@@]2(C)[C@@H]3C[C@H]4O[C@@]45[C@@H](C[C@H](O)[C@@H](O)C5(C)C)[C@]3(C)C(=O)C[C@]12C. The number of hydrogen-bond acceptors (Lipinski definition) is 9. The minimum Gasteiger partial charge on any atom is -0.460 e. The van der Waals surface area contributed by atoms with Crippen LogP contribution in [0, 0.1) is 39.4 Å². The second-order valence-corrected chi connectivity index (χ2v) is 16.1. The van der Waals surface area contributed by atoms with Crippen LogP contribution in [0.1, 0.15) is 101 Å². The number of carbonyl (C=O) groups excluding carboxylic acids is 3. The van der Waals surface area contributed by atoms with Crippen molar-refractivity contribution in [3.8, 4) is 0 Å². The van der Waals surface area contributed by atoms with Gasteiger partial charge in [0.1, 0.15) is 22.6 Å². The zero-order valence-corrected chi connectivity index (χ0v) is 26.1. The van der Waals surface area contributed by atoms with Crippen molar-refractivity contribution in [1.82, 2.24) is 0 Å². The Morgan fingerprint density at radius 1 is 0.976 bits per heavy atom. The molecule has 9 nitrogen and oxygen atoms in total. The first-order chi connectivity index (χ1) is 18.5. The molecular weight excluding hydrogens is 528 g/mol. The Bertz CT molecular complexity index is 1160. The number of ether oxygens (including phenoxy) is 2. The Morgan fingerprint density at radius 3 is 2.17 bits per heavy atom. The molecule has 0 amide bonds. The Morgan fingerprint density at radius 2 is 1.59 bits per heavy atom. The number of rotatable bonds is 6. The summed E-state index contributed by atoms with van der Waals surface area (Å²) in [6, 6.07) is 0. The number of aliphatic hydroxyl groups excluding tert-OH is 3. The number of hydrogen-bond donors (Lipinski definition) is 4. The highest BCUT2D eigenvalue weighted by Crippen LogP contribution is 2.79. The largest absolute Gasteiger partial charge is 0.460 e. The van der Waals surface area contributed by atoms with Crippen LogP contribution in [-0.2, 0) is 23.9 Å². The summed E-state index contributed by atoms with van der Waals surface area (Å²) >= 11 is 0. The molecule has 0 unspecified atom stereocenters. The van der Waals surface area contributed by atoms with Gasteiger partial charge in [-0.15, -0.1) is 0 Å². The molecule has 0 radical (unpaired) electrons. The average Bonchev–Trinajstić information content (AvgIpc) is 3.51. The summed E-state index contributed by atoms with van der Waals surface area (Å²) in [7, 11) is 0. The van der Waals surface area contributed by atoms with Gasteiger partial charge in [-0.05, 0) is 63.2 Å². The molecule has 4 saturated carbocycles. The van der Waals surface area contributed by atoms with Gasteiger partial charge in [0.15, 0.2) is 5.78 Å². The smallest absolute Gasteiger partial charge is 0.303 e. The van der Waals surface area contributed by atoms with E-state index in [0.29, 0.717) is 12.8 Å². The van der Waals surface area contributed by atoms with Crippen molar-refractivity contribution >= 4 is 17.5 Å². The number of Topliss-reactive ketones (excluding diaryl/α,β-unsaturated/α-hetero) is 2. The van der Waals surface area contributed by atoms with Crippen LogP contribution in [0.15, 0.2) is 0 Å². The van der Waals surface area contributed by atoms with Gasteiger partial charge >= 0.3 is 5.97 Å². The molecule has 5 aliphatic rings. The summed E-state index contributed by atoms with van der Waals surface area (Å²) < 4.78 is 11.8. The highest BCUT2D eigenvalue weighted by molar-refractivity contribution is 5.90. The Balaban J connectivity index is 1.49. The van der Waals surface area contributed by atoms with E-state index in [1.807, 2.05) is 27.7 Å². The molecule has 5 rings (SSSR count). The number of esters is 1. The molecule has 1 heterocycles. The van der Waals surface area contributed by atoms with Crippen LogP contribution in [0.3, 0.4) is 0 Å². The first-order valence-electron chi connectivity index (χ1n) is 15.2. The van der Waals surface area contributed by atoms with Crippen molar-refractivity contribution in [1.29, 1.82) is 0 Å². The van der Waals surface area contributed by atoms with Crippen LogP contribution in [-0.4, -0.2) is 79.2 Å². The van der Waals surface area contributed by atoms with Crippen LogP contribution in [0.25, 0.3) is 0 Å². The number of carbonyl (C=O) groups is 3. The Kier molecular flexibility index (Phi) is 6.69. The lowest BCUT2D eigenvalue weighted by Gasteiger charge is -2.66. The minimum atomic E-state index is -1.91. The third-order valence-corrected chi connectivity index (χ3v) is 13.2. The monoisotopic (exact) mass is 578 g/mol. The molecule has 0 bridgehead atoms. The third kappa shape index (κ3) is 3.81. The van der Waals surface area contributed by atoms with Gasteiger partial charge in [0.25, 0.3) is 0 Å². The second kappa shape index (κ2) is 8.84. The summed E-state index contributed by atoms with van der Waals surface area (Å²) in [6.45, 7) is 16.0.